The van der Waals surface area contributed by atoms with Gasteiger partial charge in [-0.25, -0.2) is 9.78 Å². The molecule has 2 aromatic heterocycles. The zero-order chi connectivity index (χ0) is 20.3. The van der Waals surface area contributed by atoms with E-state index < -0.39 is 5.97 Å². The van der Waals surface area contributed by atoms with Gasteiger partial charge in [0.1, 0.15) is 17.1 Å². The van der Waals surface area contributed by atoms with Crippen molar-refractivity contribution < 1.29 is 14.7 Å². The Bertz CT molecular complexity index is 1090. The molecule has 2 heterocycles. The number of esters is 1. The number of carbonyl (C=O) groups is 1. The number of aromatic nitrogens is 3. The SMILES string of the molecule is CCOC(=O)c1cnc(-c2ccccc2)c2nc(/C(C#N)=N\O)n(C(C)C)c12. The Morgan fingerprint density at radius 3 is 2.64 bits per heavy atom. The first-order chi connectivity index (χ1) is 13.5. The Balaban J connectivity index is 2.45. The molecule has 0 aliphatic rings. The van der Waals surface area contributed by atoms with Gasteiger partial charge in [-0.05, 0) is 20.8 Å². The summed E-state index contributed by atoms with van der Waals surface area (Å²) in [6.45, 7) is 5.70. The lowest BCUT2D eigenvalue weighted by molar-refractivity contribution is 0.0527. The first kappa shape index (κ1) is 19.0. The normalized spacial score (nSPS) is 11.6. The van der Waals surface area contributed by atoms with Crippen LogP contribution >= 0.6 is 0 Å². The minimum Gasteiger partial charge on any atom is -0.462 e. The van der Waals surface area contributed by atoms with Gasteiger partial charge in [-0.2, -0.15) is 5.26 Å². The predicted molar refractivity (Wildman–Crippen MR) is 103 cm³/mol. The van der Waals surface area contributed by atoms with E-state index in [1.165, 1.54) is 6.20 Å². The van der Waals surface area contributed by atoms with E-state index in [-0.39, 0.29) is 29.7 Å². The third-order valence-corrected chi connectivity index (χ3v) is 4.19. The van der Waals surface area contributed by atoms with Gasteiger partial charge < -0.3 is 14.5 Å². The second-order valence-corrected chi connectivity index (χ2v) is 6.26. The topological polar surface area (TPSA) is 113 Å². The molecular formula is C20H19N5O3. The number of rotatable bonds is 5. The number of nitrogens with zero attached hydrogens (tertiary/aromatic N) is 5. The van der Waals surface area contributed by atoms with Gasteiger partial charge in [0, 0.05) is 17.8 Å². The van der Waals surface area contributed by atoms with Gasteiger partial charge >= 0.3 is 5.97 Å². The highest BCUT2D eigenvalue weighted by molar-refractivity contribution is 6.13. The molecule has 0 amide bonds. The maximum atomic E-state index is 12.6. The first-order valence-electron chi connectivity index (χ1n) is 8.79. The summed E-state index contributed by atoms with van der Waals surface area (Å²) >= 11 is 0. The number of ether oxygens (including phenoxy) is 1. The molecule has 1 aromatic carbocycles. The first-order valence-corrected chi connectivity index (χ1v) is 8.79. The summed E-state index contributed by atoms with van der Waals surface area (Å²) in [5, 5.41) is 21.7. The number of hydrogen-bond acceptors (Lipinski definition) is 7. The molecule has 0 radical (unpaired) electrons. The van der Waals surface area contributed by atoms with Gasteiger partial charge in [0.05, 0.1) is 17.8 Å². The van der Waals surface area contributed by atoms with Gasteiger partial charge in [-0.3, -0.25) is 4.98 Å². The Kier molecular flexibility index (Phi) is 5.36. The number of hydrogen-bond donors (Lipinski definition) is 1. The van der Waals surface area contributed by atoms with Crippen LogP contribution in [0.5, 0.6) is 0 Å². The van der Waals surface area contributed by atoms with E-state index in [0.717, 1.165) is 5.56 Å². The summed E-state index contributed by atoms with van der Waals surface area (Å²) in [5.74, 6) is -0.377. The summed E-state index contributed by atoms with van der Waals surface area (Å²) in [7, 11) is 0. The van der Waals surface area contributed by atoms with Crippen molar-refractivity contribution >= 4 is 22.7 Å². The summed E-state index contributed by atoms with van der Waals surface area (Å²) in [4.78, 5) is 21.5. The fourth-order valence-corrected chi connectivity index (χ4v) is 3.06. The molecule has 0 fully saturated rings. The van der Waals surface area contributed by atoms with Crippen LogP contribution in [0.3, 0.4) is 0 Å². The molecule has 0 spiro atoms. The molecular weight excluding hydrogens is 358 g/mol. The highest BCUT2D eigenvalue weighted by Crippen LogP contribution is 2.32. The van der Waals surface area contributed by atoms with Crippen LogP contribution in [0.15, 0.2) is 41.7 Å². The minimum absolute atomic E-state index is 0.158. The zero-order valence-corrected chi connectivity index (χ0v) is 15.7. The lowest BCUT2D eigenvalue weighted by atomic mass is 10.1. The van der Waals surface area contributed by atoms with Crippen molar-refractivity contribution in [2.24, 2.45) is 5.16 Å². The maximum Gasteiger partial charge on any atom is 0.341 e. The monoisotopic (exact) mass is 377 g/mol. The van der Waals surface area contributed by atoms with Crippen LogP contribution in [0.2, 0.25) is 0 Å². The molecule has 0 saturated heterocycles. The van der Waals surface area contributed by atoms with Crippen LogP contribution in [-0.4, -0.2) is 38.0 Å². The Morgan fingerprint density at radius 1 is 1.36 bits per heavy atom. The maximum absolute atomic E-state index is 12.6. The highest BCUT2D eigenvalue weighted by Gasteiger charge is 2.26. The number of fused-ring (bicyclic) bond motifs is 1. The standard InChI is InChI=1S/C20H19N5O3/c1-4-28-20(26)14-11-22-16(13-8-6-5-7-9-13)17-18(14)25(12(2)3)19(23-17)15(10-21)24-27/h5-9,11-12,27H,4H2,1-3H3/b24-15-. The summed E-state index contributed by atoms with van der Waals surface area (Å²) in [5.41, 5.74) is 2.25. The Labute approximate surface area is 161 Å². The molecule has 142 valence electrons. The number of nitriles is 1. The largest absolute Gasteiger partial charge is 0.462 e. The molecule has 1 N–H and O–H groups in total. The molecule has 8 nitrogen and oxygen atoms in total. The smallest absolute Gasteiger partial charge is 0.341 e. The van der Waals surface area contributed by atoms with Gasteiger partial charge in [-0.15, -0.1) is 0 Å². The minimum atomic E-state index is -0.535. The fourth-order valence-electron chi connectivity index (χ4n) is 3.06. The van der Waals surface area contributed by atoms with Gasteiger partial charge in [-0.1, -0.05) is 35.5 Å². The number of imidazole rings is 1. The van der Waals surface area contributed by atoms with E-state index in [2.05, 4.69) is 15.1 Å². The fraction of sp³-hybridized carbons (Fsp3) is 0.250. The molecule has 0 aliphatic heterocycles. The van der Waals surface area contributed by atoms with Crippen molar-refractivity contribution in [1.82, 2.24) is 14.5 Å². The molecule has 0 saturated carbocycles. The molecule has 8 heteroatoms. The number of oxime groups is 1. The zero-order valence-electron chi connectivity index (χ0n) is 15.7. The van der Waals surface area contributed by atoms with Crippen LogP contribution < -0.4 is 0 Å². The molecule has 0 unspecified atom stereocenters. The van der Waals surface area contributed by atoms with Crippen LogP contribution in [0, 0.1) is 11.3 Å². The number of carbonyl (C=O) groups excluding carboxylic acids is 1. The predicted octanol–water partition coefficient (Wildman–Crippen LogP) is 3.56. The van der Waals surface area contributed by atoms with E-state index >= 15 is 0 Å². The number of pyridine rings is 1. The van der Waals surface area contributed by atoms with E-state index in [1.807, 2.05) is 50.2 Å². The van der Waals surface area contributed by atoms with Crippen LogP contribution in [0.1, 0.15) is 43.0 Å². The molecule has 0 aliphatic carbocycles. The van der Waals surface area contributed by atoms with Gasteiger partial charge in [0.15, 0.2) is 5.82 Å². The average Bonchev–Trinajstić information content (AvgIpc) is 3.09. The summed E-state index contributed by atoms with van der Waals surface area (Å²) < 4.78 is 6.86. The quantitative estimate of drug-likeness (QED) is 0.315. The molecule has 0 bridgehead atoms. The second kappa shape index (κ2) is 7.88. The lowest BCUT2D eigenvalue weighted by Gasteiger charge is -2.14. The van der Waals surface area contributed by atoms with Crippen molar-refractivity contribution in [3.05, 3.63) is 47.9 Å². The van der Waals surface area contributed by atoms with Crippen LogP contribution in [-0.2, 0) is 4.74 Å². The molecule has 28 heavy (non-hydrogen) atoms. The van der Waals surface area contributed by atoms with E-state index in [9.17, 15) is 15.3 Å². The summed E-state index contributed by atoms with van der Waals surface area (Å²) in [6.07, 6.45) is 1.45. The second-order valence-electron chi connectivity index (χ2n) is 6.26. The van der Waals surface area contributed by atoms with E-state index in [0.29, 0.717) is 16.7 Å². The third-order valence-electron chi connectivity index (χ3n) is 4.19. The Hall–Kier alpha value is -3.73. The van der Waals surface area contributed by atoms with Crippen LogP contribution in [0.25, 0.3) is 22.3 Å². The van der Waals surface area contributed by atoms with Crippen LogP contribution in [0.4, 0.5) is 0 Å². The van der Waals surface area contributed by atoms with Crippen molar-refractivity contribution in [2.45, 2.75) is 26.8 Å². The van der Waals surface area contributed by atoms with Gasteiger partial charge in [0.25, 0.3) is 0 Å². The molecule has 3 rings (SSSR count). The average molecular weight is 377 g/mol. The molecule has 0 atom stereocenters. The van der Waals surface area contributed by atoms with Crippen molar-refractivity contribution in [1.29, 1.82) is 5.26 Å². The van der Waals surface area contributed by atoms with Crippen molar-refractivity contribution in [3.63, 3.8) is 0 Å². The third kappa shape index (κ3) is 3.18. The summed E-state index contributed by atoms with van der Waals surface area (Å²) in [6, 6.07) is 11.1. The van der Waals surface area contributed by atoms with Crippen molar-refractivity contribution in [3.8, 4) is 17.3 Å². The van der Waals surface area contributed by atoms with E-state index in [4.69, 9.17) is 4.74 Å². The van der Waals surface area contributed by atoms with Gasteiger partial charge in [0.2, 0.25) is 5.71 Å². The lowest BCUT2D eigenvalue weighted by Crippen LogP contribution is -2.14. The Morgan fingerprint density at radius 2 is 2.07 bits per heavy atom. The highest BCUT2D eigenvalue weighted by atomic mass is 16.5. The van der Waals surface area contributed by atoms with E-state index in [1.54, 1.807) is 11.5 Å². The van der Waals surface area contributed by atoms with Crippen molar-refractivity contribution in [2.75, 3.05) is 6.61 Å². The molecule has 3 aromatic rings. The number of benzene rings is 1.